The smallest absolute Gasteiger partial charge is 0.335 e. The highest BCUT2D eigenvalue weighted by Gasteiger charge is 2.11. The van der Waals surface area contributed by atoms with Crippen LogP contribution in [-0.4, -0.2) is 49.2 Å². The van der Waals surface area contributed by atoms with Crippen LogP contribution in [0.1, 0.15) is 15.9 Å². The molecule has 0 bridgehead atoms. The molecule has 6 nitrogen and oxygen atoms in total. The number of likely N-dealkylation sites (N-methyl/N-ethyl adjacent to an activating group) is 2. The van der Waals surface area contributed by atoms with Crippen LogP contribution in [-0.2, 0) is 0 Å². The molecule has 0 radical (unpaired) electrons. The van der Waals surface area contributed by atoms with Gasteiger partial charge in [-0.15, -0.1) is 0 Å². The Bertz CT molecular complexity index is 474. The van der Waals surface area contributed by atoms with Crippen molar-refractivity contribution in [3.05, 3.63) is 29.3 Å². The van der Waals surface area contributed by atoms with E-state index >= 15 is 0 Å². The van der Waals surface area contributed by atoms with Crippen LogP contribution >= 0.6 is 0 Å². The second-order valence-corrected chi connectivity index (χ2v) is 4.29. The van der Waals surface area contributed by atoms with Crippen molar-refractivity contribution in [3.8, 4) is 0 Å². The number of anilines is 1. The summed E-state index contributed by atoms with van der Waals surface area (Å²) in [5, 5.41) is 14.6. The molecule has 1 aromatic rings. The zero-order valence-electron chi connectivity index (χ0n) is 11.4. The van der Waals surface area contributed by atoms with Crippen molar-refractivity contribution in [1.82, 2.24) is 10.2 Å². The van der Waals surface area contributed by atoms with E-state index in [0.717, 1.165) is 5.56 Å². The quantitative estimate of drug-likeness (QED) is 0.751. The fourth-order valence-electron chi connectivity index (χ4n) is 1.48. The molecular formula is C13H19N3O3. The van der Waals surface area contributed by atoms with Crippen LogP contribution in [0.2, 0.25) is 0 Å². The van der Waals surface area contributed by atoms with Crippen LogP contribution in [0.25, 0.3) is 0 Å². The molecule has 0 saturated carbocycles. The first kappa shape index (κ1) is 15.0. The van der Waals surface area contributed by atoms with Gasteiger partial charge in [-0.25, -0.2) is 9.59 Å². The highest BCUT2D eigenvalue weighted by Crippen LogP contribution is 2.17. The SMILES string of the molecule is CNCCN(C)C(=O)Nc1cc(C(=O)O)ccc1C. The zero-order valence-corrected chi connectivity index (χ0v) is 11.4. The molecule has 19 heavy (non-hydrogen) atoms. The van der Waals surface area contributed by atoms with Crippen molar-refractivity contribution in [2.24, 2.45) is 0 Å². The predicted molar refractivity (Wildman–Crippen MR) is 73.7 cm³/mol. The summed E-state index contributed by atoms with van der Waals surface area (Å²) in [6.45, 7) is 3.08. The molecule has 6 heteroatoms. The first-order valence-electron chi connectivity index (χ1n) is 5.96. The maximum absolute atomic E-state index is 11.9. The maximum Gasteiger partial charge on any atom is 0.335 e. The van der Waals surface area contributed by atoms with Gasteiger partial charge in [-0.3, -0.25) is 0 Å². The molecule has 2 amide bonds. The second kappa shape index (κ2) is 6.75. The van der Waals surface area contributed by atoms with Gasteiger partial charge in [0.15, 0.2) is 0 Å². The van der Waals surface area contributed by atoms with Crippen molar-refractivity contribution in [1.29, 1.82) is 0 Å². The number of rotatable bonds is 5. The largest absolute Gasteiger partial charge is 0.478 e. The number of aromatic carboxylic acids is 1. The maximum atomic E-state index is 11.9. The number of carboxylic acid groups (broad SMARTS) is 1. The summed E-state index contributed by atoms with van der Waals surface area (Å²) >= 11 is 0. The average Bonchev–Trinajstić information content (AvgIpc) is 2.38. The standard InChI is InChI=1S/C13H19N3O3/c1-9-4-5-10(12(17)18)8-11(9)15-13(19)16(3)7-6-14-2/h4-5,8,14H,6-7H2,1-3H3,(H,15,19)(H,17,18). The van der Waals surface area contributed by atoms with Crippen LogP contribution in [0.3, 0.4) is 0 Å². The van der Waals surface area contributed by atoms with E-state index in [4.69, 9.17) is 5.11 Å². The molecule has 104 valence electrons. The fraction of sp³-hybridized carbons (Fsp3) is 0.385. The minimum atomic E-state index is -1.01. The molecule has 0 atom stereocenters. The Morgan fingerprint density at radius 1 is 1.37 bits per heavy atom. The summed E-state index contributed by atoms with van der Waals surface area (Å²) in [5.74, 6) is -1.01. The molecular weight excluding hydrogens is 246 g/mol. The van der Waals surface area contributed by atoms with Gasteiger partial charge >= 0.3 is 12.0 Å². The number of benzene rings is 1. The number of hydrogen-bond donors (Lipinski definition) is 3. The highest BCUT2D eigenvalue weighted by atomic mass is 16.4. The van der Waals surface area contributed by atoms with Crippen molar-refractivity contribution in [3.63, 3.8) is 0 Å². The Balaban J connectivity index is 2.78. The summed E-state index contributed by atoms with van der Waals surface area (Å²) in [6, 6.07) is 4.38. The van der Waals surface area contributed by atoms with E-state index in [2.05, 4.69) is 10.6 Å². The lowest BCUT2D eigenvalue weighted by Gasteiger charge is -2.18. The number of amides is 2. The van der Waals surface area contributed by atoms with Gasteiger partial charge in [0.25, 0.3) is 0 Å². The van der Waals surface area contributed by atoms with Gasteiger partial charge in [0.05, 0.1) is 5.56 Å². The normalized spacial score (nSPS) is 10.1. The number of aryl methyl sites for hydroxylation is 1. The van der Waals surface area contributed by atoms with E-state index < -0.39 is 5.97 Å². The topological polar surface area (TPSA) is 81.7 Å². The predicted octanol–water partition coefficient (Wildman–Crippen LogP) is 1.38. The Labute approximate surface area is 112 Å². The molecule has 0 aliphatic heterocycles. The van der Waals surface area contributed by atoms with Crippen LogP contribution in [0.15, 0.2) is 18.2 Å². The third-order valence-electron chi connectivity index (χ3n) is 2.77. The van der Waals surface area contributed by atoms with E-state index in [9.17, 15) is 9.59 Å². The molecule has 1 rings (SSSR count). The molecule has 0 spiro atoms. The minimum Gasteiger partial charge on any atom is -0.478 e. The number of carbonyl (C=O) groups is 2. The van der Waals surface area contributed by atoms with E-state index in [-0.39, 0.29) is 11.6 Å². The first-order chi connectivity index (χ1) is 8.95. The van der Waals surface area contributed by atoms with Gasteiger partial charge in [-0.2, -0.15) is 0 Å². The van der Waals surface area contributed by atoms with Crippen molar-refractivity contribution in [2.75, 3.05) is 32.5 Å². The Morgan fingerprint density at radius 2 is 2.05 bits per heavy atom. The summed E-state index contributed by atoms with van der Waals surface area (Å²) in [5.41, 5.74) is 1.49. The van der Waals surface area contributed by atoms with Crippen molar-refractivity contribution in [2.45, 2.75) is 6.92 Å². The molecule has 0 heterocycles. The van der Waals surface area contributed by atoms with Gasteiger partial charge in [-0.05, 0) is 31.7 Å². The first-order valence-corrected chi connectivity index (χ1v) is 5.96. The zero-order chi connectivity index (χ0) is 14.4. The molecule has 0 aliphatic carbocycles. The van der Waals surface area contributed by atoms with E-state index in [1.807, 2.05) is 14.0 Å². The highest BCUT2D eigenvalue weighted by molar-refractivity contribution is 5.93. The number of carbonyl (C=O) groups excluding carboxylic acids is 1. The van der Waals surface area contributed by atoms with Gasteiger partial charge in [0.2, 0.25) is 0 Å². The number of hydrogen-bond acceptors (Lipinski definition) is 3. The molecule has 0 aromatic heterocycles. The van der Waals surface area contributed by atoms with E-state index in [1.165, 1.54) is 17.0 Å². The van der Waals surface area contributed by atoms with Crippen LogP contribution in [0, 0.1) is 6.92 Å². The number of nitrogens with one attached hydrogen (secondary N) is 2. The molecule has 0 saturated heterocycles. The van der Waals surface area contributed by atoms with Crippen molar-refractivity contribution >= 4 is 17.7 Å². The Hall–Kier alpha value is -2.08. The Kier molecular flexibility index (Phi) is 5.32. The van der Waals surface area contributed by atoms with Crippen molar-refractivity contribution < 1.29 is 14.7 Å². The van der Waals surface area contributed by atoms with Crippen LogP contribution in [0.5, 0.6) is 0 Å². The van der Waals surface area contributed by atoms with Gasteiger partial charge < -0.3 is 20.6 Å². The lowest BCUT2D eigenvalue weighted by Crippen LogP contribution is -2.36. The summed E-state index contributed by atoms with van der Waals surface area (Å²) in [7, 11) is 3.50. The molecule has 0 unspecified atom stereocenters. The molecule has 0 fully saturated rings. The lowest BCUT2D eigenvalue weighted by atomic mass is 10.1. The monoisotopic (exact) mass is 265 g/mol. The van der Waals surface area contributed by atoms with E-state index in [1.54, 1.807) is 13.1 Å². The third kappa shape index (κ3) is 4.26. The Morgan fingerprint density at radius 3 is 2.63 bits per heavy atom. The number of urea groups is 1. The minimum absolute atomic E-state index is 0.152. The van der Waals surface area contributed by atoms with Gasteiger partial charge in [-0.1, -0.05) is 6.07 Å². The molecule has 0 aliphatic rings. The molecule has 3 N–H and O–H groups in total. The summed E-state index contributed by atoms with van der Waals surface area (Å²) in [4.78, 5) is 24.3. The fourth-order valence-corrected chi connectivity index (χ4v) is 1.48. The summed E-state index contributed by atoms with van der Waals surface area (Å²) in [6.07, 6.45) is 0. The van der Waals surface area contributed by atoms with Crippen LogP contribution < -0.4 is 10.6 Å². The van der Waals surface area contributed by atoms with Gasteiger partial charge in [0, 0.05) is 25.8 Å². The van der Waals surface area contributed by atoms with Crippen LogP contribution in [0.4, 0.5) is 10.5 Å². The molecule has 1 aromatic carbocycles. The van der Waals surface area contributed by atoms with E-state index in [0.29, 0.717) is 18.8 Å². The lowest BCUT2D eigenvalue weighted by molar-refractivity contribution is 0.0697. The number of carboxylic acids is 1. The second-order valence-electron chi connectivity index (χ2n) is 4.29. The third-order valence-corrected chi connectivity index (χ3v) is 2.77. The average molecular weight is 265 g/mol. The summed E-state index contributed by atoms with van der Waals surface area (Å²) < 4.78 is 0. The van der Waals surface area contributed by atoms with Gasteiger partial charge in [0.1, 0.15) is 0 Å². The number of nitrogens with zero attached hydrogens (tertiary/aromatic N) is 1.